The van der Waals surface area contributed by atoms with Gasteiger partial charge in [0, 0.05) is 28.0 Å². The number of carbonyl (C=O) groups excluding carboxylic acids is 1. The van der Waals surface area contributed by atoms with E-state index in [9.17, 15) is 4.79 Å². The first kappa shape index (κ1) is 12.7. The highest BCUT2D eigenvalue weighted by Crippen LogP contribution is 2.20. The third-order valence-electron chi connectivity index (χ3n) is 3.55. The molecule has 1 aliphatic rings. The number of benzene rings is 1. The number of hydrogen-bond donors (Lipinski definition) is 2. The van der Waals surface area contributed by atoms with Crippen LogP contribution in [0, 0.1) is 0 Å². The minimum atomic E-state index is -0.0207. The van der Waals surface area contributed by atoms with E-state index in [1.54, 1.807) is 0 Å². The standard InChI is InChI=1S/C14H16BrN3O/c1-18-5-4-11(8-18)16-14(19)13-7-9-6-10(15)2-3-12(9)17-13/h2-3,6-7,11,17H,4-5,8H2,1H3,(H,16,19)/t11-/m0/s1. The average Bonchev–Trinajstić information content (AvgIpc) is 2.95. The highest BCUT2D eigenvalue weighted by molar-refractivity contribution is 9.10. The van der Waals surface area contributed by atoms with Crippen LogP contribution >= 0.6 is 15.9 Å². The van der Waals surface area contributed by atoms with Gasteiger partial charge < -0.3 is 15.2 Å². The Morgan fingerprint density at radius 2 is 2.32 bits per heavy atom. The fourth-order valence-electron chi connectivity index (χ4n) is 2.54. The van der Waals surface area contributed by atoms with Crippen LogP contribution in [0.2, 0.25) is 0 Å². The molecule has 0 spiro atoms. The summed E-state index contributed by atoms with van der Waals surface area (Å²) in [5.41, 5.74) is 1.61. The molecule has 2 N–H and O–H groups in total. The van der Waals surface area contributed by atoms with Gasteiger partial charge in [0.25, 0.3) is 5.91 Å². The Bertz CT molecular complexity index is 622. The number of likely N-dealkylation sites (N-methyl/N-ethyl adjacent to an activating group) is 1. The minimum absolute atomic E-state index is 0.0207. The molecule has 2 heterocycles. The number of fused-ring (bicyclic) bond motifs is 1. The lowest BCUT2D eigenvalue weighted by atomic mass is 10.2. The van der Waals surface area contributed by atoms with Crippen molar-refractivity contribution in [3.63, 3.8) is 0 Å². The molecule has 0 bridgehead atoms. The molecule has 3 rings (SSSR count). The molecule has 2 aromatic rings. The van der Waals surface area contributed by atoms with Gasteiger partial charge in [-0.1, -0.05) is 15.9 Å². The number of H-pyrrole nitrogens is 1. The second-order valence-electron chi connectivity index (χ2n) is 5.14. The first-order valence-corrected chi connectivity index (χ1v) is 7.19. The van der Waals surface area contributed by atoms with Crippen LogP contribution in [0.15, 0.2) is 28.7 Å². The second-order valence-corrected chi connectivity index (χ2v) is 6.05. The predicted molar refractivity (Wildman–Crippen MR) is 79.4 cm³/mol. The predicted octanol–water partition coefficient (Wildman–Crippen LogP) is 2.36. The van der Waals surface area contributed by atoms with Crippen molar-refractivity contribution < 1.29 is 4.79 Å². The van der Waals surface area contributed by atoms with Gasteiger partial charge in [-0.15, -0.1) is 0 Å². The molecule has 1 aromatic heterocycles. The van der Waals surface area contributed by atoms with Gasteiger partial charge in [0.2, 0.25) is 0 Å². The molecule has 19 heavy (non-hydrogen) atoms. The number of nitrogens with one attached hydrogen (secondary N) is 2. The van der Waals surface area contributed by atoms with E-state index in [1.807, 2.05) is 24.3 Å². The normalized spacial score (nSPS) is 20.0. The van der Waals surface area contributed by atoms with E-state index in [1.165, 1.54) is 0 Å². The van der Waals surface area contributed by atoms with Crippen LogP contribution in [0.3, 0.4) is 0 Å². The molecule has 1 saturated heterocycles. The lowest BCUT2D eigenvalue weighted by Crippen LogP contribution is -2.36. The van der Waals surface area contributed by atoms with Gasteiger partial charge in [0.05, 0.1) is 0 Å². The third-order valence-corrected chi connectivity index (χ3v) is 4.05. The topological polar surface area (TPSA) is 48.1 Å². The van der Waals surface area contributed by atoms with E-state index in [0.717, 1.165) is 34.9 Å². The van der Waals surface area contributed by atoms with E-state index in [-0.39, 0.29) is 11.9 Å². The molecular formula is C14H16BrN3O. The monoisotopic (exact) mass is 321 g/mol. The van der Waals surface area contributed by atoms with Crippen LogP contribution in [0.25, 0.3) is 10.9 Å². The number of amides is 1. The molecule has 0 unspecified atom stereocenters. The summed E-state index contributed by atoms with van der Waals surface area (Å²) in [6, 6.07) is 8.10. The smallest absolute Gasteiger partial charge is 0.267 e. The molecule has 1 atom stereocenters. The van der Waals surface area contributed by atoms with E-state index in [4.69, 9.17) is 0 Å². The minimum Gasteiger partial charge on any atom is -0.351 e. The second kappa shape index (κ2) is 4.98. The van der Waals surface area contributed by atoms with E-state index in [0.29, 0.717) is 5.69 Å². The van der Waals surface area contributed by atoms with Crippen molar-refractivity contribution >= 4 is 32.7 Å². The fraction of sp³-hybridized carbons (Fsp3) is 0.357. The van der Waals surface area contributed by atoms with Gasteiger partial charge in [0.15, 0.2) is 0 Å². The van der Waals surface area contributed by atoms with E-state index >= 15 is 0 Å². The van der Waals surface area contributed by atoms with Crippen molar-refractivity contribution in [2.24, 2.45) is 0 Å². The molecule has 4 nitrogen and oxygen atoms in total. The van der Waals surface area contributed by atoms with Crippen molar-refractivity contribution in [1.29, 1.82) is 0 Å². The van der Waals surface area contributed by atoms with Crippen LogP contribution in [0.5, 0.6) is 0 Å². The lowest BCUT2D eigenvalue weighted by Gasteiger charge is -2.11. The average molecular weight is 322 g/mol. The van der Waals surface area contributed by atoms with Crippen LogP contribution in [-0.2, 0) is 0 Å². The number of likely N-dealkylation sites (tertiary alicyclic amines) is 1. The molecule has 1 fully saturated rings. The maximum atomic E-state index is 12.2. The van der Waals surface area contributed by atoms with Gasteiger partial charge in [0.1, 0.15) is 5.69 Å². The number of carbonyl (C=O) groups is 1. The third kappa shape index (κ3) is 2.67. The highest BCUT2D eigenvalue weighted by atomic mass is 79.9. The highest BCUT2D eigenvalue weighted by Gasteiger charge is 2.22. The number of aromatic amines is 1. The van der Waals surface area contributed by atoms with Crippen LogP contribution in [-0.4, -0.2) is 42.0 Å². The van der Waals surface area contributed by atoms with Crippen molar-refractivity contribution in [3.05, 3.63) is 34.4 Å². The summed E-state index contributed by atoms with van der Waals surface area (Å²) in [6.07, 6.45) is 1.02. The zero-order valence-corrected chi connectivity index (χ0v) is 12.3. The molecule has 1 amide bonds. The lowest BCUT2D eigenvalue weighted by molar-refractivity contribution is 0.0934. The molecule has 1 aliphatic heterocycles. The van der Waals surface area contributed by atoms with Gasteiger partial charge in [-0.3, -0.25) is 4.79 Å². The van der Waals surface area contributed by atoms with E-state index in [2.05, 4.69) is 38.2 Å². The van der Waals surface area contributed by atoms with Gasteiger partial charge in [-0.25, -0.2) is 0 Å². The molecular weight excluding hydrogens is 306 g/mol. The first-order valence-electron chi connectivity index (χ1n) is 6.39. The fourth-order valence-corrected chi connectivity index (χ4v) is 2.92. The van der Waals surface area contributed by atoms with Gasteiger partial charge in [-0.2, -0.15) is 0 Å². The Morgan fingerprint density at radius 3 is 3.05 bits per heavy atom. The molecule has 5 heteroatoms. The SMILES string of the molecule is CN1CC[C@H](NC(=O)c2cc3cc(Br)ccc3[nH]2)C1. The largest absolute Gasteiger partial charge is 0.351 e. The van der Waals surface area contributed by atoms with Crippen LogP contribution in [0.4, 0.5) is 0 Å². The zero-order valence-electron chi connectivity index (χ0n) is 10.7. The van der Waals surface area contributed by atoms with Crippen molar-refractivity contribution in [1.82, 2.24) is 15.2 Å². The molecule has 0 aliphatic carbocycles. The number of nitrogens with zero attached hydrogens (tertiary/aromatic N) is 1. The zero-order chi connectivity index (χ0) is 13.4. The Kier molecular flexibility index (Phi) is 3.33. The number of halogens is 1. The van der Waals surface area contributed by atoms with Gasteiger partial charge in [-0.05, 0) is 44.3 Å². The quantitative estimate of drug-likeness (QED) is 0.892. The van der Waals surface area contributed by atoms with Crippen molar-refractivity contribution in [2.45, 2.75) is 12.5 Å². The summed E-state index contributed by atoms with van der Waals surface area (Å²) in [7, 11) is 2.08. The van der Waals surface area contributed by atoms with Crippen molar-refractivity contribution in [3.8, 4) is 0 Å². The number of aromatic nitrogens is 1. The van der Waals surface area contributed by atoms with Crippen LogP contribution < -0.4 is 5.32 Å². The molecule has 1 aromatic carbocycles. The van der Waals surface area contributed by atoms with E-state index < -0.39 is 0 Å². The van der Waals surface area contributed by atoms with Crippen molar-refractivity contribution in [2.75, 3.05) is 20.1 Å². The summed E-state index contributed by atoms with van der Waals surface area (Å²) < 4.78 is 1.02. The van der Waals surface area contributed by atoms with Crippen LogP contribution in [0.1, 0.15) is 16.9 Å². The maximum absolute atomic E-state index is 12.2. The maximum Gasteiger partial charge on any atom is 0.267 e. The first-order chi connectivity index (χ1) is 9.11. The summed E-state index contributed by atoms with van der Waals surface area (Å²) in [6.45, 7) is 1.97. The molecule has 0 saturated carbocycles. The Morgan fingerprint density at radius 1 is 1.47 bits per heavy atom. The summed E-state index contributed by atoms with van der Waals surface area (Å²) in [5.74, 6) is -0.0207. The Labute approximate surface area is 120 Å². The van der Waals surface area contributed by atoms with Gasteiger partial charge >= 0.3 is 0 Å². The summed E-state index contributed by atoms with van der Waals surface area (Å²) in [5, 5.41) is 4.12. The Hall–Kier alpha value is -1.33. The summed E-state index contributed by atoms with van der Waals surface area (Å²) >= 11 is 3.44. The number of rotatable bonds is 2. The number of hydrogen-bond acceptors (Lipinski definition) is 2. The molecule has 100 valence electrons. The molecule has 0 radical (unpaired) electrons. The summed E-state index contributed by atoms with van der Waals surface area (Å²) in [4.78, 5) is 17.6. The Balaban J connectivity index is 1.78.